The van der Waals surface area contributed by atoms with Gasteiger partial charge in [-0.15, -0.1) is 12.4 Å². The summed E-state index contributed by atoms with van der Waals surface area (Å²) in [5, 5.41) is 0.496. The number of rotatable bonds is 6. The number of methoxy groups -OCH3 is 1. The lowest BCUT2D eigenvalue weighted by Gasteiger charge is -2.20. The fraction of sp³-hybridized carbons (Fsp3) is 0.235. The van der Waals surface area contributed by atoms with E-state index in [9.17, 15) is 26.4 Å². The number of sulfone groups is 1. The van der Waals surface area contributed by atoms with Gasteiger partial charge >= 0.3 is 11.6 Å². The molecule has 1 amide bonds. The Morgan fingerprint density at radius 2 is 1.55 bits per heavy atom. The van der Waals surface area contributed by atoms with E-state index in [4.69, 9.17) is 11.6 Å². The lowest BCUT2D eigenvalue weighted by atomic mass is 9.98. The van der Waals surface area contributed by atoms with E-state index in [-0.39, 0.29) is 18.0 Å². The van der Waals surface area contributed by atoms with Gasteiger partial charge in [0.25, 0.3) is 9.84 Å². The van der Waals surface area contributed by atoms with Gasteiger partial charge in [-0.1, -0.05) is 48.0 Å². The van der Waals surface area contributed by atoms with Crippen molar-refractivity contribution in [2.75, 3.05) is 7.11 Å². The van der Waals surface area contributed by atoms with Crippen molar-refractivity contribution in [3.63, 3.8) is 0 Å². The molecule has 1 unspecified atom stereocenters. The lowest BCUT2D eigenvalue weighted by Crippen LogP contribution is -2.40. The van der Waals surface area contributed by atoms with E-state index in [0.29, 0.717) is 16.1 Å². The predicted molar refractivity (Wildman–Crippen MR) is 104 cm³/mol. The number of benzene rings is 2. The van der Waals surface area contributed by atoms with E-state index < -0.39 is 33.2 Å². The van der Waals surface area contributed by atoms with E-state index >= 15 is 0 Å². The molecule has 6 nitrogen and oxygen atoms in total. The number of halogens is 5. The van der Waals surface area contributed by atoms with Gasteiger partial charge in [-0.05, 0) is 28.8 Å². The zero-order chi connectivity index (χ0) is 20.9. The predicted octanol–water partition coefficient (Wildman–Crippen LogP) is 4.15. The van der Waals surface area contributed by atoms with Gasteiger partial charge in [-0.3, -0.25) is 5.43 Å². The second kappa shape index (κ2) is 10.1. The summed E-state index contributed by atoms with van der Waals surface area (Å²) >= 11 is 5.87. The molecule has 160 valence electrons. The summed E-state index contributed by atoms with van der Waals surface area (Å²) < 4.78 is 64.7. The maximum atomic E-state index is 12.5. The molecule has 0 aliphatic rings. The zero-order valence-electron chi connectivity index (χ0n) is 14.9. The Morgan fingerprint density at radius 1 is 1.07 bits per heavy atom. The number of carbonyl (C=O) groups is 1. The molecule has 0 aliphatic carbocycles. The molecule has 12 heteroatoms. The number of amides is 1. The molecular formula is C17H17Cl2F3N2O4S. The van der Waals surface area contributed by atoms with Gasteiger partial charge in [0.05, 0.1) is 18.9 Å². The van der Waals surface area contributed by atoms with Crippen LogP contribution in [0.4, 0.5) is 18.0 Å². The Balaban J connectivity index is 0.00000420. The van der Waals surface area contributed by atoms with Crippen molar-refractivity contribution < 1.29 is 31.1 Å². The first-order valence-corrected chi connectivity index (χ1v) is 9.79. The summed E-state index contributed by atoms with van der Waals surface area (Å²) in [7, 11) is -4.08. The third kappa shape index (κ3) is 6.77. The highest BCUT2D eigenvalue weighted by Crippen LogP contribution is 2.28. The monoisotopic (exact) mass is 472 g/mol. The first-order chi connectivity index (χ1) is 13.0. The largest absolute Gasteiger partial charge is 0.497 e. The highest BCUT2D eigenvalue weighted by atomic mass is 35.5. The summed E-state index contributed by atoms with van der Waals surface area (Å²) in [6.07, 6.45) is -0.744. The normalized spacial score (nSPS) is 12.6. The minimum atomic E-state index is -5.32. The molecule has 2 aromatic rings. The van der Waals surface area contributed by atoms with Gasteiger partial charge < -0.3 is 4.74 Å². The van der Waals surface area contributed by atoms with Crippen LogP contribution in [-0.2, 0) is 20.3 Å². The van der Waals surface area contributed by atoms with E-state index in [1.807, 2.05) is 0 Å². The van der Waals surface area contributed by atoms with Crippen LogP contribution in [0.1, 0.15) is 22.7 Å². The second-order valence-corrected chi connectivity index (χ2v) is 8.11. The highest BCUT2D eigenvalue weighted by molar-refractivity contribution is 7.91. The van der Waals surface area contributed by atoms with Gasteiger partial charge in [0.2, 0.25) is 0 Å². The molecule has 2 aromatic carbocycles. The summed E-state index contributed by atoms with van der Waals surface area (Å²) in [5.41, 5.74) is 0.997. The van der Waals surface area contributed by atoms with E-state index in [0.717, 1.165) is 0 Å². The Bertz CT molecular complexity index is 921. The number of alkyl halides is 3. The second-order valence-electron chi connectivity index (χ2n) is 5.69. The first-order valence-electron chi connectivity index (χ1n) is 7.76. The molecule has 0 radical (unpaired) electrons. The number of carbonyl (C=O) groups excluding carboxylic acids is 1. The summed E-state index contributed by atoms with van der Waals surface area (Å²) in [5.74, 6) is -1.16. The smallest absolute Gasteiger partial charge is 0.452 e. The molecule has 0 saturated heterocycles. The van der Waals surface area contributed by atoms with Crippen LogP contribution in [0.2, 0.25) is 5.02 Å². The van der Waals surface area contributed by atoms with Crippen LogP contribution < -0.4 is 10.9 Å². The lowest BCUT2D eigenvalue weighted by molar-refractivity contribution is -0.0437. The van der Waals surface area contributed by atoms with Crippen LogP contribution in [0.3, 0.4) is 0 Å². The van der Waals surface area contributed by atoms with Crippen LogP contribution in [0.25, 0.3) is 0 Å². The molecule has 0 aromatic heterocycles. The number of nitrogens with one attached hydrogen (secondary N) is 2. The van der Waals surface area contributed by atoms with Crippen LogP contribution in [-0.4, -0.2) is 27.1 Å². The molecule has 0 aliphatic heterocycles. The minimum Gasteiger partial charge on any atom is -0.452 e. The van der Waals surface area contributed by atoms with E-state index in [1.165, 1.54) is 31.4 Å². The third-order valence-electron chi connectivity index (χ3n) is 3.73. The molecule has 0 fully saturated rings. The Morgan fingerprint density at radius 3 is 2.00 bits per heavy atom. The third-order valence-corrected chi connectivity index (χ3v) is 5.40. The van der Waals surface area contributed by atoms with Crippen LogP contribution in [0, 0.1) is 0 Å². The SMILES string of the molecule is COC(=O)NNC(c1ccc(Cl)cc1)c1ccc(CS(=O)(=O)C(F)(F)F)cc1.Cl. The molecule has 2 rings (SSSR count). The first kappa shape index (κ1) is 25.0. The summed E-state index contributed by atoms with van der Waals surface area (Å²) in [6.45, 7) is 0. The van der Waals surface area contributed by atoms with Crippen LogP contribution in [0.15, 0.2) is 48.5 Å². The van der Waals surface area contributed by atoms with Gasteiger partial charge in [0, 0.05) is 5.02 Å². The number of hydrogen-bond donors (Lipinski definition) is 2. The van der Waals surface area contributed by atoms with Gasteiger partial charge in [-0.25, -0.2) is 18.6 Å². The quantitative estimate of drug-likeness (QED) is 0.617. The maximum absolute atomic E-state index is 12.5. The molecule has 29 heavy (non-hydrogen) atoms. The molecule has 0 bridgehead atoms. The standard InChI is InChI=1S/C17H16ClF3N2O4S.ClH/c1-27-16(24)23-22-15(13-6-8-14(18)9-7-13)12-4-2-11(3-5-12)10-28(25,26)17(19,20)21;/h2-9,15,22H,10H2,1H3,(H,23,24);1H. The minimum absolute atomic E-state index is 0. The van der Waals surface area contributed by atoms with Gasteiger partial charge in [0.15, 0.2) is 0 Å². The molecule has 0 heterocycles. The topological polar surface area (TPSA) is 84.5 Å². The van der Waals surface area contributed by atoms with E-state index in [1.54, 1.807) is 24.3 Å². The molecule has 1 atom stereocenters. The van der Waals surface area contributed by atoms with Crippen molar-refractivity contribution >= 4 is 39.9 Å². The summed E-state index contributed by atoms with van der Waals surface area (Å²) in [4.78, 5) is 11.3. The Labute approximate surface area is 176 Å². The van der Waals surface area contributed by atoms with Crippen molar-refractivity contribution in [1.29, 1.82) is 0 Å². The molecule has 0 spiro atoms. The van der Waals surface area contributed by atoms with Crippen molar-refractivity contribution in [3.05, 3.63) is 70.2 Å². The number of ether oxygens (including phenoxy) is 1. The van der Waals surface area contributed by atoms with Gasteiger partial charge in [-0.2, -0.15) is 13.2 Å². The van der Waals surface area contributed by atoms with E-state index in [2.05, 4.69) is 15.6 Å². The van der Waals surface area contributed by atoms with Crippen molar-refractivity contribution in [2.45, 2.75) is 17.3 Å². The Kier molecular flexibility index (Phi) is 8.76. The number of hydrogen-bond acceptors (Lipinski definition) is 5. The average Bonchev–Trinajstić information content (AvgIpc) is 2.63. The van der Waals surface area contributed by atoms with Crippen LogP contribution >= 0.6 is 24.0 Å². The number of hydrazine groups is 1. The molecule has 0 saturated carbocycles. The van der Waals surface area contributed by atoms with Crippen molar-refractivity contribution in [2.24, 2.45) is 0 Å². The molecular weight excluding hydrogens is 456 g/mol. The fourth-order valence-electron chi connectivity index (χ4n) is 2.30. The van der Waals surface area contributed by atoms with Crippen LogP contribution in [0.5, 0.6) is 0 Å². The van der Waals surface area contributed by atoms with Crippen molar-refractivity contribution in [3.8, 4) is 0 Å². The van der Waals surface area contributed by atoms with Gasteiger partial charge in [0.1, 0.15) is 0 Å². The molecule has 2 N–H and O–H groups in total. The fourth-order valence-corrected chi connectivity index (χ4v) is 3.22. The van der Waals surface area contributed by atoms with Crippen molar-refractivity contribution in [1.82, 2.24) is 10.9 Å². The Hall–Kier alpha value is -2.01. The summed E-state index contributed by atoms with van der Waals surface area (Å²) in [6, 6.07) is 11.6. The maximum Gasteiger partial charge on any atom is 0.497 e. The average molecular weight is 473 g/mol. The zero-order valence-corrected chi connectivity index (χ0v) is 17.3. The highest BCUT2D eigenvalue weighted by Gasteiger charge is 2.45.